The molecule has 0 spiro atoms. The zero-order valence-electron chi connectivity index (χ0n) is 16.9. The number of nitrogens with zero attached hydrogens (tertiary/aromatic N) is 5. The second kappa shape index (κ2) is 10.2. The van der Waals surface area contributed by atoms with E-state index in [1.807, 2.05) is 6.07 Å². The van der Waals surface area contributed by atoms with Gasteiger partial charge < -0.3 is 0 Å². The predicted octanol–water partition coefficient (Wildman–Crippen LogP) is 3.32. The van der Waals surface area contributed by atoms with Crippen molar-refractivity contribution in [1.82, 2.24) is 24.9 Å². The molecule has 4 rings (SSSR count). The predicted molar refractivity (Wildman–Crippen MR) is 130 cm³/mol. The van der Waals surface area contributed by atoms with Gasteiger partial charge in [0.05, 0.1) is 0 Å². The molecule has 3 heterocycles. The quantitative estimate of drug-likeness (QED) is 0.132. The van der Waals surface area contributed by atoms with Crippen LogP contribution in [0.2, 0.25) is 15.3 Å². The van der Waals surface area contributed by atoms with Gasteiger partial charge in [0.25, 0.3) is 0 Å². The number of benzene rings is 1. The average Bonchev–Trinajstić information content (AvgIpc) is 3.31. The van der Waals surface area contributed by atoms with Gasteiger partial charge in [-0.25, -0.2) is 0 Å². The SMILES string of the molecule is Nc1nc(NCC[AsH]c2ncc(-c3ncc[nH]3)c(-c3ccc(Cl)cc3Cl)n2)ccc1[N+](=O)[O-]. The van der Waals surface area contributed by atoms with Gasteiger partial charge in [-0.1, -0.05) is 0 Å². The molecule has 13 heteroatoms. The Kier molecular flexibility index (Phi) is 7.07. The third-order valence-corrected chi connectivity index (χ3v) is 7.31. The molecule has 1 aromatic carbocycles. The van der Waals surface area contributed by atoms with Gasteiger partial charge >= 0.3 is 205 Å². The van der Waals surface area contributed by atoms with E-state index in [9.17, 15) is 10.1 Å². The number of pyridine rings is 1. The first-order valence-electron chi connectivity index (χ1n) is 9.63. The Hall–Kier alpha value is -3.20. The maximum atomic E-state index is 10.9. The Bertz CT molecular complexity index is 1300. The van der Waals surface area contributed by atoms with E-state index in [-0.39, 0.29) is 11.5 Å². The van der Waals surface area contributed by atoms with Crippen LogP contribution in [0.15, 0.2) is 48.9 Å². The molecule has 0 bridgehead atoms. The molecular weight excluding hydrogens is 530 g/mol. The van der Waals surface area contributed by atoms with Gasteiger partial charge in [-0.15, -0.1) is 0 Å². The van der Waals surface area contributed by atoms with Crippen LogP contribution in [0.1, 0.15) is 0 Å². The summed E-state index contributed by atoms with van der Waals surface area (Å²) in [6.45, 7) is 0.602. The van der Waals surface area contributed by atoms with Crippen LogP contribution in [0.25, 0.3) is 22.6 Å². The first kappa shape index (κ1) is 23.0. The molecule has 4 aromatic rings. The number of nitrogen functional groups attached to an aromatic ring is 1. The normalized spacial score (nSPS) is 11.2. The molecule has 1 unspecified atom stereocenters. The van der Waals surface area contributed by atoms with Crippen molar-refractivity contribution in [3.8, 4) is 22.6 Å². The molecule has 3 aromatic heterocycles. The van der Waals surface area contributed by atoms with E-state index >= 15 is 0 Å². The number of aromatic nitrogens is 5. The Labute approximate surface area is 204 Å². The second-order valence-corrected chi connectivity index (χ2v) is 10.3. The van der Waals surface area contributed by atoms with E-state index in [0.717, 1.165) is 20.9 Å². The van der Waals surface area contributed by atoms with Crippen molar-refractivity contribution in [2.75, 3.05) is 17.6 Å². The number of nitrogens with two attached hydrogens (primary N) is 1. The topological polar surface area (TPSA) is 149 Å². The van der Waals surface area contributed by atoms with Crippen molar-refractivity contribution in [3.05, 3.63) is 69.1 Å². The van der Waals surface area contributed by atoms with Crippen LogP contribution >= 0.6 is 23.2 Å². The van der Waals surface area contributed by atoms with E-state index in [1.165, 1.54) is 12.1 Å². The van der Waals surface area contributed by atoms with Crippen LogP contribution in [0.3, 0.4) is 0 Å². The average molecular weight is 547 g/mol. The van der Waals surface area contributed by atoms with Crippen molar-refractivity contribution in [1.29, 1.82) is 0 Å². The molecule has 1 atom stereocenters. The van der Waals surface area contributed by atoms with Crippen LogP contribution in [-0.4, -0.2) is 52.1 Å². The summed E-state index contributed by atoms with van der Waals surface area (Å²) < 4.78 is 0.754. The number of H-pyrrole nitrogens is 1. The fraction of sp³-hybridized carbons (Fsp3) is 0.100. The zero-order valence-corrected chi connectivity index (χ0v) is 20.5. The van der Waals surface area contributed by atoms with Gasteiger partial charge in [-0.2, -0.15) is 0 Å². The molecular formula is C20H17AsCl2N8O2. The number of aromatic amines is 1. The van der Waals surface area contributed by atoms with Gasteiger partial charge in [0, 0.05) is 0 Å². The fourth-order valence-corrected chi connectivity index (χ4v) is 5.24. The Morgan fingerprint density at radius 2 is 2.00 bits per heavy atom. The van der Waals surface area contributed by atoms with Crippen molar-refractivity contribution >= 4 is 60.9 Å². The summed E-state index contributed by atoms with van der Waals surface area (Å²) in [6, 6.07) is 8.13. The van der Waals surface area contributed by atoms with Crippen LogP contribution < -0.4 is 15.7 Å². The van der Waals surface area contributed by atoms with Crippen molar-refractivity contribution in [2.24, 2.45) is 0 Å². The third kappa shape index (κ3) is 5.42. The molecule has 10 nitrogen and oxygen atoms in total. The number of nitrogens with one attached hydrogen (secondary N) is 2. The summed E-state index contributed by atoms with van der Waals surface area (Å²) >= 11 is 11.8. The number of hydrogen-bond acceptors (Lipinski definition) is 8. The van der Waals surface area contributed by atoms with E-state index in [0.29, 0.717) is 33.9 Å². The maximum absolute atomic E-state index is 10.9. The van der Waals surface area contributed by atoms with E-state index in [2.05, 4.69) is 25.3 Å². The van der Waals surface area contributed by atoms with Gasteiger partial charge in [0.1, 0.15) is 0 Å². The van der Waals surface area contributed by atoms with E-state index < -0.39 is 20.7 Å². The van der Waals surface area contributed by atoms with Crippen molar-refractivity contribution < 1.29 is 4.92 Å². The van der Waals surface area contributed by atoms with Crippen LogP contribution in [-0.2, 0) is 0 Å². The number of rotatable bonds is 8. The molecule has 0 aliphatic rings. The number of anilines is 2. The molecule has 33 heavy (non-hydrogen) atoms. The van der Waals surface area contributed by atoms with Crippen LogP contribution in [0, 0.1) is 10.1 Å². The minimum absolute atomic E-state index is 0.123. The summed E-state index contributed by atoms with van der Waals surface area (Å²) in [5.41, 5.74) is 7.58. The Balaban J connectivity index is 1.49. The number of nitro groups is 1. The number of halogens is 2. The van der Waals surface area contributed by atoms with Gasteiger partial charge in [-0.05, 0) is 0 Å². The monoisotopic (exact) mass is 546 g/mol. The van der Waals surface area contributed by atoms with Crippen molar-refractivity contribution in [3.63, 3.8) is 0 Å². The molecule has 0 fully saturated rings. The number of hydrogen-bond donors (Lipinski definition) is 3. The van der Waals surface area contributed by atoms with Gasteiger partial charge in [0.2, 0.25) is 0 Å². The molecule has 0 saturated carbocycles. The fourth-order valence-electron chi connectivity index (χ4n) is 3.02. The van der Waals surface area contributed by atoms with Crippen LogP contribution in [0.5, 0.6) is 0 Å². The first-order chi connectivity index (χ1) is 15.9. The standard InChI is InChI=1S/C20H17AsCl2N8O2/c22-11-1-2-12(14(23)9-11)17-13(19-26-7-8-27-19)10-28-20(30-17)21-5-6-25-16-4-3-15(31(32)33)18(24)29-16/h1-4,7-10,21H,5-6H2,(H,26,27)(H3,24,25,29). The van der Waals surface area contributed by atoms with Crippen LogP contribution in [0.4, 0.5) is 17.3 Å². The van der Waals surface area contributed by atoms with E-state index in [1.54, 1.807) is 30.7 Å². The third-order valence-electron chi connectivity index (χ3n) is 4.54. The second-order valence-electron chi connectivity index (χ2n) is 6.73. The molecule has 168 valence electrons. The zero-order chi connectivity index (χ0) is 23.4. The minimum atomic E-state index is -0.697. The van der Waals surface area contributed by atoms with Gasteiger partial charge in [0.15, 0.2) is 0 Å². The molecule has 4 N–H and O–H groups in total. The molecule has 0 aliphatic heterocycles. The number of imidazole rings is 1. The van der Waals surface area contributed by atoms with E-state index in [4.69, 9.17) is 33.9 Å². The summed E-state index contributed by atoms with van der Waals surface area (Å²) in [5, 5.41) is 15.8. The summed E-state index contributed by atoms with van der Waals surface area (Å²) in [4.78, 5) is 31.0. The molecule has 0 aliphatic carbocycles. The van der Waals surface area contributed by atoms with Crippen molar-refractivity contribution in [2.45, 2.75) is 5.21 Å². The summed E-state index contributed by atoms with van der Waals surface area (Å²) in [6.07, 6.45) is 5.14. The molecule has 0 saturated heterocycles. The molecule has 0 radical (unpaired) electrons. The summed E-state index contributed by atoms with van der Waals surface area (Å²) in [7, 11) is 0. The Morgan fingerprint density at radius 3 is 2.70 bits per heavy atom. The Morgan fingerprint density at radius 1 is 1.15 bits per heavy atom. The first-order valence-corrected chi connectivity index (χ1v) is 12.9. The van der Waals surface area contributed by atoms with Gasteiger partial charge in [-0.3, -0.25) is 0 Å². The summed E-state index contributed by atoms with van der Waals surface area (Å²) in [5.74, 6) is 1.00. The molecule has 0 amide bonds.